The second-order valence-corrected chi connectivity index (χ2v) is 7.42. The third kappa shape index (κ3) is 6.19. The first-order valence-electron chi connectivity index (χ1n) is 9.88. The molecular formula is C24H22ClFN4O3. The Labute approximate surface area is 196 Å². The van der Waals surface area contributed by atoms with Crippen molar-refractivity contribution < 1.29 is 18.6 Å². The lowest BCUT2D eigenvalue weighted by molar-refractivity contribution is 0.184. The Kier molecular flexibility index (Phi) is 8.19. The molecule has 1 heterocycles. The van der Waals surface area contributed by atoms with Crippen molar-refractivity contribution in [2.45, 2.75) is 20.1 Å². The van der Waals surface area contributed by atoms with E-state index in [1.54, 1.807) is 37.4 Å². The molecule has 1 aromatic heterocycles. The van der Waals surface area contributed by atoms with Crippen molar-refractivity contribution in [3.63, 3.8) is 0 Å². The molecule has 170 valence electrons. The molecule has 3 aromatic rings. The maximum Gasteiger partial charge on any atom is 0.180 e. The molecule has 0 bridgehead atoms. The van der Waals surface area contributed by atoms with Crippen molar-refractivity contribution >= 4 is 23.6 Å². The molecule has 0 unspecified atom stereocenters. The second kappa shape index (κ2) is 11.3. The number of benzene rings is 2. The van der Waals surface area contributed by atoms with E-state index in [2.05, 4.69) is 21.6 Å². The molecule has 3 rings (SSSR count). The fraction of sp³-hybridized carbons (Fsp3) is 0.208. The van der Waals surface area contributed by atoms with Gasteiger partial charge in [0.1, 0.15) is 24.1 Å². The Morgan fingerprint density at radius 3 is 2.61 bits per heavy atom. The molecule has 0 amide bonds. The first kappa shape index (κ1) is 24.0. The summed E-state index contributed by atoms with van der Waals surface area (Å²) in [6.45, 7) is 2.31. The fourth-order valence-electron chi connectivity index (χ4n) is 3.07. The lowest BCUT2D eigenvalue weighted by Gasteiger charge is -2.13. The Hall–Kier alpha value is -3.67. The summed E-state index contributed by atoms with van der Waals surface area (Å²) in [5, 5.41) is 14.0. The average Bonchev–Trinajstić information content (AvgIpc) is 2.79. The third-order valence-electron chi connectivity index (χ3n) is 4.57. The first-order chi connectivity index (χ1) is 15.9. The Bertz CT molecular complexity index is 1190. The van der Waals surface area contributed by atoms with Gasteiger partial charge in [-0.05, 0) is 48.4 Å². The number of halogens is 2. The van der Waals surface area contributed by atoms with E-state index in [-0.39, 0.29) is 19.0 Å². The van der Waals surface area contributed by atoms with Gasteiger partial charge in [0, 0.05) is 18.4 Å². The summed E-state index contributed by atoms with van der Waals surface area (Å²) in [5.74, 6) is 0.798. The SMILES string of the molecule is COCc1cc(C)nc(N/N=C/c2cc(Cl)c(OCc3ccc(F)cc3)c(OC)c2)c1C#N. The van der Waals surface area contributed by atoms with Crippen LogP contribution in [-0.2, 0) is 18.0 Å². The number of nitriles is 1. The van der Waals surface area contributed by atoms with Gasteiger partial charge in [-0.3, -0.25) is 5.43 Å². The maximum absolute atomic E-state index is 13.1. The van der Waals surface area contributed by atoms with E-state index in [1.165, 1.54) is 25.5 Å². The van der Waals surface area contributed by atoms with Crippen LogP contribution in [0.25, 0.3) is 0 Å². The lowest BCUT2D eigenvalue weighted by Crippen LogP contribution is -2.03. The van der Waals surface area contributed by atoms with Crippen molar-refractivity contribution in [2.75, 3.05) is 19.6 Å². The van der Waals surface area contributed by atoms with Crippen molar-refractivity contribution in [3.8, 4) is 17.6 Å². The molecule has 0 atom stereocenters. The van der Waals surface area contributed by atoms with E-state index in [0.29, 0.717) is 33.5 Å². The van der Waals surface area contributed by atoms with Crippen LogP contribution in [0.5, 0.6) is 11.5 Å². The minimum atomic E-state index is -0.315. The van der Waals surface area contributed by atoms with E-state index < -0.39 is 0 Å². The van der Waals surface area contributed by atoms with Crippen LogP contribution in [-0.4, -0.2) is 25.4 Å². The zero-order valence-electron chi connectivity index (χ0n) is 18.4. The average molecular weight is 469 g/mol. The Morgan fingerprint density at radius 2 is 1.94 bits per heavy atom. The minimum Gasteiger partial charge on any atom is -0.493 e. The topological polar surface area (TPSA) is 88.8 Å². The summed E-state index contributed by atoms with van der Waals surface area (Å²) in [6, 6.07) is 13.3. The number of rotatable bonds is 9. The molecule has 9 heteroatoms. The molecule has 0 fully saturated rings. The third-order valence-corrected chi connectivity index (χ3v) is 4.85. The zero-order valence-corrected chi connectivity index (χ0v) is 19.1. The highest BCUT2D eigenvalue weighted by Crippen LogP contribution is 2.36. The Balaban J connectivity index is 1.77. The van der Waals surface area contributed by atoms with Gasteiger partial charge in [-0.15, -0.1) is 0 Å². The van der Waals surface area contributed by atoms with Crippen molar-refractivity contribution in [3.05, 3.63) is 81.3 Å². The van der Waals surface area contributed by atoms with Crippen LogP contribution in [0.15, 0.2) is 47.6 Å². The fourth-order valence-corrected chi connectivity index (χ4v) is 3.35. The molecule has 1 N–H and O–H groups in total. The number of hydrogen-bond acceptors (Lipinski definition) is 7. The second-order valence-electron chi connectivity index (χ2n) is 7.01. The number of anilines is 1. The van der Waals surface area contributed by atoms with Gasteiger partial charge in [-0.1, -0.05) is 23.7 Å². The largest absolute Gasteiger partial charge is 0.493 e. The number of hydrazone groups is 1. The summed E-state index contributed by atoms with van der Waals surface area (Å²) < 4.78 is 29.4. The minimum absolute atomic E-state index is 0.200. The predicted octanol–water partition coefficient (Wildman–Crippen LogP) is 5.23. The number of hydrogen-bond donors (Lipinski definition) is 1. The number of ether oxygens (including phenoxy) is 3. The van der Waals surface area contributed by atoms with Gasteiger partial charge in [-0.2, -0.15) is 10.4 Å². The van der Waals surface area contributed by atoms with Crippen LogP contribution >= 0.6 is 11.6 Å². The standard InChI is InChI=1S/C24H22ClFN4O3/c1-15-8-18(14-31-2)20(11-27)24(29-15)30-28-12-17-9-21(25)23(22(10-17)32-3)33-13-16-4-6-19(26)7-5-16/h4-10,12H,13-14H2,1-3H3,(H,29,30)/b28-12+. The molecule has 2 aromatic carbocycles. The van der Waals surface area contributed by atoms with E-state index >= 15 is 0 Å². The van der Waals surface area contributed by atoms with E-state index in [1.807, 2.05) is 6.92 Å². The molecular weight excluding hydrogens is 447 g/mol. The van der Waals surface area contributed by atoms with Crippen molar-refractivity contribution in [1.29, 1.82) is 5.26 Å². The van der Waals surface area contributed by atoms with Gasteiger partial charge in [0.25, 0.3) is 0 Å². The lowest BCUT2D eigenvalue weighted by atomic mass is 10.1. The molecule has 7 nitrogen and oxygen atoms in total. The van der Waals surface area contributed by atoms with Crippen LogP contribution < -0.4 is 14.9 Å². The van der Waals surface area contributed by atoms with Gasteiger partial charge >= 0.3 is 0 Å². The summed E-state index contributed by atoms with van der Waals surface area (Å²) in [5.41, 5.74) is 6.05. The summed E-state index contributed by atoms with van der Waals surface area (Å²) in [6.07, 6.45) is 1.53. The van der Waals surface area contributed by atoms with Gasteiger partial charge in [0.2, 0.25) is 0 Å². The number of nitrogens with one attached hydrogen (secondary N) is 1. The highest BCUT2D eigenvalue weighted by molar-refractivity contribution is 6.32. The van der Waals surface area contributed by atoms with Gasteiger partial charge in [0.05, 0.1) is 25.0 Å². The first-order valence-corrected chi connectivity index (χ1v) is 10.3. The van der Waals surface area contributed by atoms with E-state index in [4.69, 9.17) is 25.8 Å². The van der Waals surface area contributed by atoms with Crippen LogP contribution in [0.2, 0.25) is 5.02 Å². The van der Waals surface area contributed by atoms with E-state index in [0.717, 1.165) is 16.8 Å². The molecule has 0 aliphatic carbocycles. The predicted molar refractivity (Wildman–Crippen MR) is 124 cm³/mol. The van der Waals surface area contributed by atoms with Crippen LogP contribution in [0, 0.1) is 24.1 Å². The maximum atomic E-state index is 13.1. The number of nitrogens with zero attached hydrogens (tertiary/aromatic N) is 3. The van der Waals surface area contributed by atoms with Crippen LogP contribution in [0.1, 0.15) is 27.9 Å². The van der Waals surface area contributed by atoms with Crippen LogP contribution in [0.3, 0.4) is 0 Å². The molecule has 0 aliphatic heterocycles. The smallest absolute Gasteiger partial charge is 0.180 e. The van der Waals surface area contributed by atoms with Crippen LogP contribution in [0.4, 0.5) is 10.2 Å². The Morgan fingerprint density at radius 1 is 1.18 bits per heavy atom. The van der Waals surface area contributed by atoms with Gasteiger partial charge in [0.15, 0.2) is 17.3 Å². The summed E-state index contributed by atoms with van der Waals surface area (Å²) in [7, 11) is 3.06. The monoisotopic (exact) mass is 468 g/mol. The summed E-state index contributed by atoms with van der Waals surface area (Å²) in [4.78, 5) is 4.34. The van der Waals surface area contributed by atoms with Crippen molar-refractivity contribution in [1.82, 2.24) is 4.98 Å². The quantitative estimate of drug-likeness (QED) is 0.341. The number of pyridine rings is 1. The number of aromatic nitrogens is 1. The highest BCUT2D eigenvalue weighted by Gasteiger charge is 2.13. The van der Waals surface area contributed by atoms with E-state index in [9.17, 15) is 9.65 Å². The number of methoxy groups -OCH3 is 2. The normalized spacial score (nSPS) is 10.8. The molecule has 0 spiro atoms. The van der Waals surface area contributed by atoms with Crippen molar-refractivity contribution in [2.24, 2.45) is 5.10 Å². The molecule has 0 aliphatic rings. The molecule has 0 saturated heterocycles. The number of aryl methyl sites for hydroxylation is 1. The molecule has 0 saturated carbocycles. The summed E-state index contributed by atoms with van der Waals surface area (Å²) >= 11 is 6.41. The van der Waals surface area contributed by atoms with Gasteiger partial charge in [-0.25, -0.2) is 9.37 Å². The molecule has 33 heavy (non-hydrogen) atoms. The highest BCUT2D eigenvalue weighted by atomic mass is 35.5. The molecule has 0 radical (unpaired) electrons. The van der Waals surface area contributed by atoms with Gasteiger partial charge < -0.3 is 14.2 Å². The zero-order chi connectivity index (χ0) is 23.8.